The summed E-state index contributed by atoms with van der Waals surface area (Å²) in [5.41, 5.74) is 0.554. The van der Waals surface area contributed by atoms with Crippen LogP contribution in [0, 0.1) is 10.6 Å². The van der Waals surface area contributed by atoms with Crippen molar-refractivity contribution in [1.29, 1.82) is 0 Å². The number of carbonyl (C=O) groups excluding carboxylic acids is 1. The minimum absolute atomic E-state index is 0.134. The third-order valence-corrected chi connectivity index (χ3v) is 4.26. The molecule has 0 unspecified atom stereocenters. The highest BCUT2D eigenvalue weighted by Crippen LogP contribution is 2.40. The molecule has 0 saturated carbocycles. The van der Waals surface area contributed by atoms with E-state index in [1.807, 2.05) is 0 Å². The Morgan fingerprint density at radius 3 is 2.62 bits per heavy atom. The Hall–Kier alpha value is -2.74. The Labute approximate surface area is 154 Å². The molecular weight excluding hydrogens is 357 g/mol. The van der Waals surface area contributed by atoms with E-state index in [2.05, 4.69) is 15.3 Å². The molecule has 0 fully saturated rings. The van der Waals surface area contributed by atoms with Gasteiger partial charge in [0.1, 0.15) is 11.6 Å². The maximum absolute atomic E-state index is 14.6. The summed E-state index contributed by atoms with van der Waals surface area (Å²) in [6, 6.07) is 6.04. The van der Waals surface area contributed by atoms with Crippen molar-refractivity contribution in [2.75, 3.05) is 5.32 Å². The second-order valence-electron chi connectivity index (χ2n) is 6.27. The molecule has 0 saturated heterocycles. The first-order chi connectivity index (χ1) is 12.3. The number of allylic oxidation sites excluding steroid dienone is 1. The van der Waals surface area contributed by atoms with E-state index < -0.39 is 23.3 Å². The van der Waals surface area contributed by atoms with Crippen LogP contribution in [0.1, 0.15) is 37.8 Å². The molecule has 0 bridgehead atoms. The number of aromatic amines is 2. The van der Waals surface area contributed by atoms with E-state index in [0.29, 0.717) is 11.5 Å². The van der Waals surface area contributed by atoms with Crippen molar-refractivity contribution >= 4 is 24.0 Å². The van der Waals surface area contributed by atoms with Crippen LogP contribution in [0.15, 0.2) is 40.3 Å². The monoisotopic (exact) mass is 375 g/mol. The minimum atomic E-state index is -0.922. The van der Waals surface area contributed by atoms with E-state index >= 15 is 0 Å². The third kappa shape index (κ3) is 3.20. The van der Waals surface area contributed by atoms with E-state index in [4.69, 9.17) is 17.0 Å². The number of hydrogen-bond acceptors (Lipinski definition) is 5. The highest BCUT2D eigenvalue weighted by Gasteiger charge is 2.37. The maximum Gasteiger partial charge on any atom is 0.337 e. The summed E-state index contributed by atoms with van der Waals surface area (Å²) in [6.07, 6.45) is -0.356. The number of fused-ring (bicyclic) bond motifs is 1. The number of ether oxygens (including phenoxy) is 1. The van der Waals surface area contributed by atoms with Gasteiger partial charge in [0.25, 0.3) is 5.56 Å². The van der Waals surface area contributed by atoms with E-state index in [9.17, 15) is 14.0 Å². The van der Waals surface area contributed by atoms with Crippen molar-refractivity contribution in [3.05, 3.63) is 67.6 Å². The summed E-state index contributed by atoms with van der Waals surface area (Å²) in [5, 5.41) is 2.98. The number of hydrogen-bond donors (Lipinski definition) is 3. The number of esters is 1. The molecule has 2 aromatic rings. The van der Waals surface area contributed by atoms with Crippen molar-refractivity contribution in [2.24, 2.45) is 0 Å². The predicted molar refractivity (Wildman–Crippen MR) is 98.0 cm³/mol. The van der Waals surface area contributed by atoms with Crippen LogP contribution >= 0.6 is 12.2 Å². The van der Waals surface area contributed by atoms with Gasteiger partial charge in [-0.2, -0.15) is 0 Å². The molecule has 1 aliphatic heterocycles. The maximum atomic E-state index is 14.6. The Morgan fingerprint density at radius 2 is 1.96 bits per heavy atom. The summed E-state index contributed by atoms with van der Waals surface area (Å²) < 4.78 is 20.0. The summed E-state index contributed by atoms with van der Waals surface area (Å²) in [7, 11) is 0. The second-order valence-corrected chi connectivity index (χ2v) is 6.68. The lowest BCUT2D eigenvalue weighted by atomic mass is 9.82. The van der Waals surface area contributed by atoms with Gasteiger partial charge in [-0.15, -0.1) is 0 Å². The number of H-pyrrole nitrogens is 2. The predicted octanol–water partition coefficient (Wildman–Crippen LogP) is 3.35. The third-order valence-electron chi connectivity index (χ3n) is 4.05. The zero-order valence-electron chi connectivity index (χ0n) is 14.5. The van der Waals surface area contributed by atoms with Crippen molar-refractivity contribution < 1.29 is 13.9 Å². The van der Waals surface area contributed by atoms with Crippen LogP contribution in [0.25, 0.3) is 0 Å². The van der Waals surface area contributed by atoms with Crippen LogP contribution in [0.5, 0.6) is 0 Å². The van der Waals surface area contributed by atoms with E-state index in [-0.39, 0.29) is 27.6 Å². The fraction of sp³-hybridized carbons (Fsp3) is 0.278. The Bertz CT molecular complexity index is 1020. The van der Waals surface area contributed by atoms with Gasteiger partial charge in [-0.1, -0.05) is 18.2 Å². The Morgan fingerprint density at radius 1 is 1.27 bits per heavy atom. The number of aromatic nitrogens is 2. The topological polar surface area (TPSA) is 87.0 Å². The van der Waals surface area contributed by atoms with Gasteiger partial charge in [0.15, 0.2) is 4.77 Å². The number of carbonyl (C=O) groups is 1. The fourth-order valence-electron chi connectivity index (χ4n) is 3.05. The Balaban J connectivity index is 2.30. The molecular formula is C18H18FN3O3S. The van der Waals surface area contributed by atoms with Gasteiger partial charge in [0.2, 0.25) is 0 Å². The van der Waals surface area contributed by atoms with Crippen molar-refractivity contribution in [2.45, 2.75) is 32.8 Å². The molecule has 26 heavy (non-hydrogen) atoms. The molecule has 0 amide bonds. The number of benzene rings is 1. The quantitative estimate of drug-likeness (QED) is 0.566. The van der Waals surface area contributed by atoms with Crippen LogP contribution in [-0.2, 0) is 9.53 Å². The van der Waals surface area contributed by atoms with Crippen LogP contribution in [0.4, 0.5) is 10.2 Å². The molecule has 0 aliphatic carbocycles. The van der Waals surface area contributed by atoms with Crippen LogP contribution in [0.2, 0.25) is 0 Å². The molecule has 1 aromatic heterocycles. The number of anilines is 1. The van der Waals surface area contributed by atoms with Crippen LogP contribution in [-0.4, -0.2) is 22.0 Å². The summed E-state index contributed by atoms with van der Waals surface area (Å²) in [5.74, 6) is -1.71. The number of rotatable bonds is 3. The molecule has 8 heteroatoms. The van der Waals surface area contributed by atoms with E-state index in [1.165, 1.54) is 6.07 Å². The summed E-state index contributed by atoms with van der Waals surface area (Å²) in [4.78, 5) is 30.7. The smallest absolute Gasteiger partial charge is 0.337 e. The number of halogens is 1. The number of nitrogens with one attached hydrogen (secondary N) is 3. The van der Waals surface area contributed by atoms with Gasteiger partial charge in [-0.05, 0) is 39.1 Å². The standard InChI is InChI=1S/C18H18FN3O3S/c1-8(2)25-17(24)12-9(3)20-15-14(16(23)22-18(26)21-15)13(12)10-6-4-5-7-11(10)19/h4-8,13H,1-3H3,(H3,20,21,22,23,26)/t13-/m0/s1. The van der Waals surface area contributed by atoms with Gasteiger partial charge < -0.3 is 15.0 Å². The molecule has 1 aromatic carbocycles. The molecule has 0 radical (unpaired) electrons. The van der Waals surface area contributed by atoms with Crippen molar-refractivity contribution in [1.82, 2.24) is 9.97 Å². The molecule has 3 rings (SSSR count). The zero-order valence-corrected chi connectivity index (χ0v) is 15.3. The minimum Gasteiger partial charge on any atom is -0.460 e. The normalized spacial score (nSPS) is 16.3. The lowest BCUT2D eigenvalue weighted by Crippen LogP contribution is -2.32. The van der Waals surface area contributed by atoms with E-state index in [0.717, 1.165) is 0 Å². The molecule has 1 aliphatic rings. The highest BCUT2D eigenvalue weighted by atomic mass is 32.1. The van der Waals surface area contributed by atoms with Gasteiger partial charge in [0, 0.05) is 11.3 Å². The first-order valence-electron chi connectivity index (χ1n) is 8.09. The lowest BCUT2D eigenvalue weighted by molar-refractivity contribution is -0.143. The van der Waals surface area contributed by atoms with Gasteiger partial charge in [-0.25, -0.2) is 9.18 Å². The van der Waals surface area contributed by atoms with E-state index in [1.54, 1.807) is 39.0 Å². The Kier molecular flexibility index (Phi) is 4.78. The van der Waals surface area contributed by atoms with Crippen molar-refractivity contribution in [3.8, 4) is 0 Å². The van der Waals surface area contributed by atoms with Crippen molar-refractivity contribution in [3.63, 3.8) is 0 Å². The molecule has 1 atom stereocenters. The first-order valence-corrected chi connectivity index (χ1v) is 8.50. The average molecular weight is 375 g/mol. The van der Waals surface area contributed by atoms with Crippen LogP contribution < -0.4 is 10.9 Å². The summed E-state index contributed by atoms with van der Waals surface area (Å²) >= 11 is 5.01. The molecule has 6 nitrogen and oxygen atoms in total. The van der Waals surface area contributed by atoms with Gasteiger partial charge >= 0.3 is 5.97 Å². The first kappa shape index (κ1) is 18.1. The SMILES string of the molecule is CC1=C(C(=O)OC(C)C)[C@H](c2ccccc2F)c2c([nH]c(=S)[nH]c2=O)N1. The van der Waals surface area contributed by atoms with Crippen LogP contribution in [0.3, 0.4) is 0 Å². The molecule has 0 spiro atoms. The summed E-state index contributed by atoms with van der Waals surface area (Å²) in [6.45, 7) is 5.12. The van der Waals surface area contributed by atoms with Gasteiger partial charge in [0.05, 0.1) is 23.2 Å². The largest absolute Gasteiger partial charge is 0.460 e. The molecule has 3 N–H and O–H groups in total. The molecule has 136 valence electrons. The fourth-order valence-corrected chi connectivity index (χ4v) is 3.25. The average Bonchev–Trinajstić information content (AvgIpc) is 2.52. The lowest BCUT2D eigenvalue weighted by Gasteiger charge is -2.29. The molecule has 2 heterocycles. The van der Waals surface area contributed by atoms with Gasteiger partial charge in [-0.3, -0.25) is 9.78 Å². The highest BCUT2D eigenvalue weighted by molar-refractivity contribution is 7.71. The zero-order chi connectivity index (χ0) is 19.0. The second kappa shape index (κ2) is 6.87.